The molecule has 1 heterocycles. The van der Waals surface area contributed by atoms with E-state index in [1.807, 2.05) is 37.3 Å². The molecule has 0 bridgehead atoms. The molecular weight excluding hydrogens is 428 g/mol. The lowest BCUT2D eigenvalue weighted by Gasteiger charge is -2.13. The normalized spacial score (nSPS) is 13.4. The third kappa shape index (κ3) is 3.87. The molecule has 0 saturated carbocycles. The van der Waals surface area contributed by atoms with Crippen LogP contribution in [-0.2, 0) is 6.61 Å². The first kappa shape index (κ1) is 22.3. The first-order valence-corrected chi connectivity index (χ1v) is 10.4. The van der Waals surface area contributed by atoms with Gasteiger partial charge in [0.25, 0.3) is 0 Å². The molecule has 0 fully saturated rings. The molecule has 0 radical (unpaired) electrons. The molecule has 7 nitrogen and oxygen atoms in total. The number of allylic oxidation sites excluding steroid dienone is 3. The Balaban J connectivity index is 1.74. The molecule has 166 valence electrons. The van der Waals surface area contributed by atoms with E-state index in [9.17, 15) is 15.3 Å². The molecule has 7 heteroatoms. The molecule has 0 unspecified atom stereocenters. The second kappa shape index (κ2) is 8.93. The Kier molecular flexibility index (Phi) is 5.86. The van der Waals surface area contributed by atoms with Crippen LogP contribution in [0.25, 0.3) is 17.2 Å². The summed E-state index contributed by atoms with van der Waals surface area (Å²) < 4.78 is 6.04. The zero-order chi connectivity index (χ0) is 24.4. The molecule has 2 aromatic carbocycles. The maximum absolute atomic E-state index is 11.1. The molecule has 1 aliphatic rings. The van der Waals surface area contributed by atoms with Crippen LogP contribution in [0.3, 0.4) is 0 Å². The Morgan fingerprint density at radius 3 is 2.47 bits per heavy atom. The van der Waals surface area contributed by atoms with Gasteiger partial charge in [0, 0.05) is 11.1 Å². The Morgan fingerprint density at radius 1 is 1.12 bits per heavy atom. The Labute approximate surface area is 196 Å². The van der Waals surface area contributed by atoms with Crippen LogP contribution in [0.1, 0.15) is 50.8 Å². The summed E-state index contributed by atoms with van der Waals surface area (Å²) in [7, 11) is 0. The van der Waals surface area contributed by atoms with Gasteiger partial charge in [-0.05, 0) is 60.4 Å². The lowest BCUT2D eigenvalue weighted by molar-refractivity contribution is 0.0697. The fourth-order valence-electron chi connectivity index (χ4n) is 3.99. The third-order valence-corrected chi connectivity index (χ3v) is 5.80. The summed E-state index contributed by atoms with van der Waals surface area (Å²) in [5, 5.41) is 28.4. The highest BCUT2D eigenvalue weighted by Crippen LogP contribution is 2.44. The summed E-state index contributed by atoms with van der Waals surface area (Å²) in [5.41, 5.74) is 12.0. The minimum absolute atomic E-state index is 0.109. The quantitative estimate of drug-likeness (QED) is 0.563. The molecular formula is C27H20N4O3. The van der Waals surface area contributed by atoms with Crippen molar-refractivity contribution in [2.24, 2.45) is 0 Å². The van der Waals surface area contributed by atoms with Gasteiger partial charge in [-0.25, -0.2) is 9.78 Å². The van der Waals surface area contributed by atoms with Gasteiger partial charge in [-0.1, -0.05) is 30.3 Å². The summed E-state index contributed by atoms with van der Waals surface area (Å²) in [4.78, 5) is 15.4. The van der Waals surface area contributed by atoms with E-state index in [4.69, 9.17) is 15.6 Å². The molecule has 0 amide bonds. The van der Waals surface area contributed by atoms with E-state index in [0.717, 1.165) is 27.8 Å². The number of nitrogen functional groups attached to an aromatic ring is 1. The van der Waals surface area contributed by atoms with Crippen LogP contribution in [-0.4, -0.2) is 16.1 Å². The van der Waals surface area contributed by atoms with Crippen molar-refractivity contribution >= 4 is 29.0 Å². The van der Waals surface area contributed by atoms with Crippen molar-refractivity contribution < 1.29 is 14.6 Å². The van der Waals surface area contributed by atoms with Crippen molar-refractivity contribution in [1.29, 1.82) is 10.5 Å². The van der Waals surface area contributed by atoms with Crippen molar-refractivity contribution in [2.45, 2.75) is 20.5 Å². The number of rotatable bonds is 5. The molecule has 4 rings (SSSR count). The predicted molar refractivity (Wildman–Crippen MR) is 128 cm³/mol. The lowest BCUT2D eigenvalue weighted by atomic mass is 9.95. The highest BCUT2D eigenvalue weighted by atomic mass is 16.5. The average Bonchev–Trinajstić information content (AvgIpc) is 3.09. The number of anilines is 1. The van der Waals surface area contributed by atoms with Crippen molar-refractivity contribution in [3.8, 4) is 17.9 Å². The maximum atomic E-state index is 11.1. The monoisotopic (exact) mass is 448 g/mol. The van der Waals surface area contributed by atoms with Crippen molar-refractivity contribution in [3.63, 3.8) is 0 Å². The van der Waals surface area contributed by atoms with Gasteiger partial charge in [0.1, 0.15) is 30.3 Å². The highest BCUT2D eigenvalue weighted by Gasteiger charge is 2.29. The van der Waals surface area contributed by atoms with Gasteiger partial charge in [-0.3, -0.25) is 0 Å². The average molecular weight is 448 g/mol. The number of benzene rings is 2. The first-order valence-electron chi connectivity index (χ1n) is 10.4. The molecule has 0 saturated heterocycles. The number of fused-ring (bicyclic) bond motifs is 1. The molecule has 34 heavy (non-hydrogen) atoms. The maximum Gasteiger partial charge on any atom is 0.335 e. The number of pyridine rings is 1. The van der Waals surface area contributed by atoms with Gasteiger partial charge < -0.3 is 15.6 Å². The van der Waals surface area contributed by atoms with Gasteiger partial charge in [0.15, 0.2) is 0 Å². The molecule has 0 atom stereocenters. The van der Waals surface area contributed by atoms with Gasteiger partial charge >= 0.3 is 5.97 Å². The van der Waals surface area contributed by atoms with Crippen LogP contribution in [0.15, 0.2) is 54.1 Å². The van der Waals surface area contributed by atoms with Crippen molar-refractivity contribution in [2.75, 3.05) is 5.73 Å². The SMILES string of the molecule is CC1=C(C#N)c2nc(N)c(C#N)c(C)c2/C1=C/c1ccccc1OCc1ccc(C(=O)O)cc1. The van der Waals surface area contributed by atoms with E-state index in [0.29, 0.717) is 28.1 Å². The second-order valence-electron chi connectivity index (χ2n) is 7.83. The number of aromatic nitrogens is 1. The summed E-state index contributed by atoms with van der Waals surface area (Å²) >= 11 is 0. The first-order chi connectivity index (χ1) is 16.3. The molecule has 1 aromatic heterocycles. The number of aromatic carboxylic acids is 1. The van der Waals surface area contributed by atoms with E-state index < -0.39 is 5.97 Å². The minimum Gasteiger partial charge on any atom is -0.488 e. The fraction of sp³-hybridized carbons (Fsp3) is 0.111. The van der Waals surface area contributed by atoms with Crippen molar-refractivity contribution in [3.05, 3.63) is 93.2 Å². The summed E-state index contributed by atoms with van der Waals surface area (Å²) in [6.45, 7) is 3.91. The number of carbonyl (C=O) groups is 1. The third-order valence-electron chi connectivity index (χ3n) is 5.80. The van der Waals surface area contributed by atoms with Gasteiger partial charge in [-0.2, -0.15) is 10.5 Å². The van der Waals surface area contributed by atoms with Crippen LogP contribution in [0, 0.1) is 29.6 Å². The van der Waals surface area contributed by atoms with E-state index in [1.165, 1.54) is 12.1 Å². The van der Waals surface area contributed by atoms with Crippen LogP contribution >= 0.6 is 0 Å². The van der Waals surface area contributed by atoms with Crippen LogP contribution in [0.5, 0.6) is 5.75 Å². The Hall–Kier alpha value is -4.88. The largest absolute Gasteiger partial charge is 0.488 e. The second-order valence-corrected chi connectivity index (χ2v) is 7.83. The number of hydrogen-bond donors (Lipinski definition) is 2. The highest BCUT2D eigenvalue weighted by molar-refractivity contribution is 6.09. The van der Waals surface area contributed by atoms with E-state index in [1.54, 1.807) is 19.1 Å². The van der Waals surface area contributed by atoms with Crippen LogP contribution < -0.4 is 10.5 Å². The van der Waals surface area contributed by atoms with Gasteiger partial charge in [0.2, 0.25) is 0 Å². The number of nitrogens with zero attached hydrogens (tertiary/aromatic N) is 3. The number of ether oxygens (including phenoxy) is 1. The molecule has 3 N–H and O–H groups in total. The summed E-state index contributed by atoms with van der Waals surface area (Å²) in [5.74, 6) is -0.246. The molecule has 0 spiro atoms. The topological polar surface area (TPSA) is 133 Å². The van der Waals surface area contributed by atoms with Crippen molar-refractivity contribution in [1.82, 2.24) is 4.98 Å². The number of carboxylic acid groups (broad SMARTS) is 1. The lowest BCUT2D eigenvalue weighted by Crippen LogP contribution is -2.04. The summed E-state index contributed by atoms with van der Waals surface area (Å²) in [6.07, 6.45) is 1.92. The summed E-state index contributed by atoms with van der Waals surface area (Å²) in [6, 6.07) is 18.3. The van der Waals surface area contributed by atoms with Crippen LogP contribution in [0.4, 0.5) is 5.82 Å². The minimum atomic E-state index is -0.979. The number of carboxylic acids is 1. The van der Waals surface area contributed by atoms with Gasteiger partial charge in [-0.15, -0.1) is 0 Å². The number of para-hydroxylation sites is 1. The predicted octanol–water partition coefficient (Wildman–Crippen LogP) is 4.97. The zero-order valence-corrected chi connectivity index (χ0v) is 18.6. The molecule has 3 aromatic rings. The Morgan fingerprint density at radius 2 is 1.82 bits per heavy atom. The zero-order valence-electron chi connectivity index (χ0n) is 18.6. The number of nitrogens with two attached hydrogens (primary N) is 1. The standard InChI is InChI=1S/C27H20N4O3/c1-15-20(24-16(2)22(13-29)26(30)31-25(24)21(15)12-28)11-19-5-3-4-6-23(19)34-14-17-7-9-18(10-8-17)27(32)33/h3-11H,14H2,1-2H3,(H2,30,31)(H,32,33)/b20-11+. The van der Waals surface area contributed by atoms with Crippen LogP contribution in [0.2, 0.25) is 0 Å². The Bertz CT molecular complexity index is 1470. The fourth-order valence-corrected chi connectivity index (χ4v) is 3.99. The number of nitriles is 2. The van der Waals surface area contributed by atoms with E-state index in [2.05, 4.69) is 17.1 Å². The smallest absolute Gasteiger partial charge is 0.335 e. The van der Waals surface area contributed by atoms with Gasteiger partial charge in [0.05, 0.1) is 22.4 Å². The van der Waals surface area contributed by atoms with E-state index in [-0.39, 0.29) is 18.0 Å². The number of hydrogen-bond acceptors (Lipinski definition) is 6. The molecule has 0 aliphatic heterocycles. The molecule has 1 aliphatic carbocycles. The van der Waals surface area contributed by atoms with E-state index >= 15 is 0 Å².